The summed E-state index contributed by atoms with van der Waals surface area (Å²) < 4.78 is 32.7. The lowest BCUT2D eigenvalue weighted by Gasteiger charge is -2.28. The SMILES string of the molecule is N#Cc1ccc(-c2ccc(OC(=O)C3=CC=CN4CCS(=O)(=O)N=C34)cc2)cc1. The minimum Gasteiger partial charge on any atom is -0.423 e. The highest BCUT2D eigenvalue weighted by atomic mass is 32.2. The molecule has 2 aliphatic heterocycles. The Morgan fingerprint density at radius 1 is 1.07 bits per heavy atom. The van der Waals surface area contributed by atoms with Crippen molar-refractivity contribution in [3.8, 4) is 22.9 Å². The first-order chi connectivity index (χ1) is 13.9. The van der Waals surface area contributed by atoms with Crippen molar-refractivity contribution in [2.75, 3.05) is 12.3 Å². The van der Waals surface area contributed by atoms with Gasteiger partial charge in [-0.2, -0.15) is 5.26 Å². The Bertz CT molecular complexity index is 1200. The van der Waals surface area contributed by atoms with E-state index in [-0.39, 0.29) is 23.7 Å². The predicted octanol–water partition coefficient (Wildman–Crippen LogP) is 2.63. The summed E-state index contributed by atoms with van der Waals surface area (Å²) in [7, 11) is -3.59. The van der Waals surface area contributed by atoms with Crippen LogP contribution in [0.25, 0.3) is 11.1 Å². The molecule has 0 N–H and O–H groups in total. The van der Waals surface area contributed by atoms with Gasteiger partial charge in [-0.3, -0.25) is 0 Å². The van der Waals surface area contributed by atoms with Gasteiger partial charge in [-0.1, -0.05) is 24.3 Å². The van der Waals surface area contributed by atoms with Gasteiger partial charge in [0.05, 0.1) is 17.4 Å². The molecule has 0 saturated carbocycles. The van der Waals surface area contributed by atoms with Crippen LogP contribution in [-0.4, -0.2) is 37.4 Å². The quantitative estimate of drug-likeness (QED) is 0.575. The van der Waals surface area contributed by atoms with E-state index >= 15 is 0 Å². The van der Waals surface area contributed by atoms with Crippen LogP contribution in [-0.2, 0) is 14.8 Å². The maximum absolute atomic E-state index is 12.6. The van der Waals surface area contributed by atoms with Crippen molar-refractivity contribution >= 4 is 21.8 Å². The van der Waals surface area contributed by atoms with E-state index in [1.807, 2.05) is 12.1 Å². The highest BCUT2D eigenvalue weighted by Crippen LogP contribution is 2.24. The van der Waals surface area contributed by atoms with Gasteiger partial charge in [0.15, 0.2) is 5.84 Å². The normalized spacial score (nSPS) is 16.9. The van der Waals surface area contributed by atoms with Crippen molar-refractivity contribution in [1.29, 1.82) is 5.26 Å². The Morgan fingerprint density at radius 2 is 1.72 bits per heavy atom. The first-order valence-electron chi connectivity index (χ1n) is 8.76. The second-order valence-electron chi connectivity index (χ2n) is 6.42. The molecule has 0 unspecified atom stereocenters. The second kappa shape index (κ2) is 7.37. The van der Waals surface area contributed by atoms with Crippen LogP contribution >= 0.6 is 0 Å². The van der Waals surface area contributed by atoms with E-state index in [0.717, 1.165) is 11.1 Å². The first kappa shape index (κ1) is 18.7. The van der Waals surface area contributed by atoms with E-state index in [4.69, 9.17) is 10.00 Å². The average Bonchev–Trinajstić information content (AvgIpc) is 2.73. The van der Waals surface area contributed by atoms with Gasteiger partial charge >= 0.3 is 5.97 Å². The van der Waals surface area contributed by atoms with E-state index in [2.05, 4.69) is 10.5 Å². The summed E-state index contributed by atoms with van der Waals surface area (Å²) >= 11 is 0. The van der Waals surface area contributed by atoms with Gasteiger partial charge in [-0.25, -0.2) is 13.2 Å². The second-order valence-corrected chi connectivity index (χ2v) is 8.17. The third-order valence-corrected chi connectivity index (χ3v) is 5.64. The topological polar surface area (TPSA) is 99.8 Å². The van der Waals surface area contributed by atoms with Crippen molar-refractivity contribution in [1.82, 2.24) is 4.90 Å². The molecule has 0 aliphatic carbocycles. The summed E-state index contributed by atoms with van der Waals surface area (Å²) in [6, 6.07) is 16.1. The Labute approximate surface area is 167 Å². The number of hydrogen-bond acceptors (Lipinski definition) is 6. The zero-order valence-electron chi connectivity index (χ0n) is 15.1. The molecule has 0 atom stereocenters. The molecule has 0 saturated heterocycles. The highest BCUT2D eigenvalue weighted by Gasteiger charge is 2.30. The lowest BCUT2D eigenvalue weighted by Crippen LogP contribution is -2.40. The molecule has 2 aromatic rings. The molecule has 0 fully saturated rings. The molecule has 0 amide bonds. The van der Waals surface area contributed by atoms with Crippen molar-refractivity contribution in [3.05, 3.63) is 78.0 Å². The fourth-order valence-electron chi connectivity index (χ4n) is 2.99. The predicted molar refractivity (Wildman–Crippen MR) is 107 cm³/mol. The number of ether oxygens (including phenoxy) is 1. The van der Waals surface area contributed by atoms with Crippen LogP contribution in [0, 0.1) is 11.3 Å². The monoisotopic (exact) mass is 405 g/mol. The summed E-state index contributed by atoms with van der Waals surface area (Å²) in [5.41, 5.74) is 2.50. The van der Waals surface area contributed by atoms with E-state index in [0.29, 0.717) is 11.3 Å². The molecule has 2 heterocycles. The average molecular weight is 405 g/mol. The molecular formula is C21H15N3O4S. The van der Waals surface area contributed by atoms with Crippen LogP contribution in [0.2, 0.25) is 0 Å². The maximum Gasteiger partial charge on any atom is 0.347 e. The van der Waals surface area contributed by atoms with Crippen molar-refractivity contribution in [2.24, 2.45) is 4.40 Å². The summed E-state index contributed by atoms with van der Waals surface area (Å²) in [5.74, 6) is -0.368. The molecule has 2 aromatic carbocycles. The Kier molecular flexibility index (Phi) is 4.74. The van der Waals surface area contributed by atoms with E-state index in [9.17, 15) is 13.2 Å². The number of nitriles is 1. The number of carbonyl (C=O) groups is 1. The highest BCUT2D eigenvalue weighted by molar-refractivity contribution is 7.90. The van der Waals surface area contributed by atoms with Crippen LogP contribution < -0.4 is 4.74 Å². The van der Waals surface area contributed by atoms with Gasteiger partial charge < -0.3 is 9.64 Å². The zero-order valence-corrected chi connectivity index (χ0v) is 16.0. The minimum atomic E-state index is -3.59. The molecule has 7 nitrogen and oxygen atoms in total. The van der Waals surface area contributed by atoms with E-state index in [1.54, 1.807) is 53.6 Å². The van der Waals surface area contributed by atoms with Gasteiger partial charge in [0.25, 0.3) is 10.0 Å². The molecule has 29 heavy (non-hydrogen) atoms. The van der Waals surface area contributed by atoms with Gasteiger partial charge in [0.2, 0.25) is 0 Å². The number of fused-ring (bicyclic) bond motifs is 1. The Morgan fingerprint density at radius 3 is 2.38 bits per heavy atom. The van der Waals surface area contributed by atoms with Gasteiger partial charge in [0.1, 0.15) is 11.3 Å². The molecule has 0 radical (unpaired) electrons. The number of nitrogens with zero attached hydrogens (tertiary/aromatic N) is 3. The summed E-state index contributed by atoms with van der Waals surface area (Å²) in [5, 5.41) is 8.88. The first-order valence-corrected chi connectivity index (χ1v) is 10.4. The number of rotatable bonds is 3. The number of esters is 1. The Balaban J connectivity index is 1.52. The van der Waals surface area contributed by atoms with Crippen molar-refractivity contribution in [3.63, 3.8) is 0 Å². The third kappa shape index (κ3) is 3.95. The molecule has 0 bridgehead atoms. The van der Waals surface area contributed by atoms with Gasteiger partial charge in [0, 0.05) is 12.7 Å². The zero-order chi connectivity index (χ0) is 20.4. The van der Waals surface area contributed by atoms with Crippen LogP contribution in [0.4, 0.5) is 0 Å². The van der Waals surface area contributed by atoms with Crippen LogP contribution in [0.15, 0.2) is 76.9 Å². The molecule has 8 heteroatoms. The summed E-state index contributed by atoms with van der Waals surface area (Å²) in [6.07, 6.45) is 4.82. The maximum atomic E-state index is 12.6. The van der Waals surface area contributed by atoms with E-state index in [1.165, 1.54) is 6.08 Å². The minimum absolute atomic E-state index is 0.0814. The van der Waals surface area contributed by atoms with Gasteiger partial charge in [-0.05, 0) is 47.5 Å². The summed E-state index contributed by atoms with van der Waals surface area (Å²) in [6.45, 7) is 0.238. The smallest absolute Gasteiger partial charge is 0.347 e. The Hall–Kier alpha value is -3.70. The lowest BCUT2D eigenvalue weighted by atomic mass is 10.0. The standard InChI is InChI=1S/C21H15N3O4S/c22-14-15-3-5-16(6-4-15)17-7-9-18(10-8-17)28-21(25)19-2-1-11-24-12-13-29(26,27)23-20(19)24/h1-11H,12-13H2. The molecule has 2 aliphatic rings. The molecular weight excluding hydrogens is 390 g/mol. The number of sulfonamides is 1. The number of allylic oxidation sites excluding steroid dienone is 2. The fourth-order valence-corrected chi connectivity index (χ4v) is 3.98. The molecule has 0 spiro atoms. The lowest BCUT2D eigenvalue weighted by molar-refractivity contribution is -0.129. The van der Waals surface area contributed by atoms with Crippen molar-refractivity contribution < 1.29 is 17.9 Å². The van der Waals surface area contributed by atoms with E-state index < -0.39 is 16.0 Å². The van der Waals surface area contributed by atoms with Crippen molar-refractivity contribution in [2.45, 2.75) is 0 Å². The summed E-state index contributed by atoms with van der Waals surface area (Å²) in [4.78, 5) is 14.2. The largest absolute Gasteiger partial charge is 0.423 e. The van der Waals surface area contributed by atoms with Gasteiger partial charge in [-0.15, -0.1) is 4.40 Å². The molecule has 0 aromatic heterocycles. The van der Waals surface area contributed by atoms with Crippen LogP contribution in [0.3, 0.4) is 0 Å². The number of amidine groups is 1. The number of carbonyl (C=O) groups excluding carboxylic acids is 1. The van der Waals surface area contributed by atoms with Crippen LogP contribution in [0.5, 0.6) is 5.75 Å². The molecule has 4 rings (SSSR count). The third-order valence-electron chi connectivity index (χ3n) is 4.49. The fraction of sp³-hybridized carbons (Fsp3) is 0.0952. The molecule has 144 valence electrons. The number of benzene rings is 2. The van der Waals surface area contributed by atoms with Crippen LogP contribution in [0.1, 0.15) is 5.56 Å². The number of hydrogen-bond donors (Lipinski definition) is 0.